The Morgan fingerprint density at radius 1 is 1.09 bits per heavy atom. The molecule has 0 bridgehead atoms. The number of hydrogen-bond donors (Lipinski definition) is 1. The topological polar surface area (TPSA) is 69.7 Å². The average molecular weight is 498 g/mol. The fourth-order valence-electron chi connectivity index (χ4n) is 4.00. The molecule has 0 aromatic heterocycles. The molecular weight excluding hydrogens is 467 g/mol. The minimum absolute atomic E-state index is 0.0532. The molecule has 0 radical (unpaired) electrons. The quantitative estimate of drug-likeness (QED) is 0.536. The van der Waals surface area contributed by atoms with Crippen LogP contribution in [0.1, 0.15) is 43.7 Å². The van der Waals surface area contributed by atoms with Gasteiger partial charge in [-0.2, -0.15) is 13.2 Å². The normalized spacial score (nSPS) is 15.8. The van der Waals surface area contributed by atoms with E-state index in [1.54, 1.807) is 4.90 Å². The fraction of sp³-hybridized carbons (Fsp3) is 0.458. The van der Waals surface area contributed by atoms with E-state index in [1.807, 2.05) is 37.3 Å². The summed E-state index contributed by atoms with van der Waals surface area (Å²) in [5.41, 5.74) is 0.0858. The van der Waals surface area contributed by atoms with E-state index in [4.69, 9.17) is 0 Å². The Morgan fingerprint density at radius 2 is 1.76 bits per heavy atom. The van der Waals surface area contributed by atoms with Crippen molar-refractivity contribution >= 4 is 21.7 Å². The van der Waals surface area contributed by atoms with Crippen molar-refractivity contribution in [3.05, 3.63) is 65.7 Å². The summed E-state index contributed by atoms with van der Waals surface area (Å²) in [7, 11) is -3.33. The standard InChI is InChI=1S/C24H30F3N3O3S/c1-2-3-16-34(32,33)29-14-12-22(13-15-29)30(18-19-8-5-4-6-9-19)23(31)28-21-11-7-10-20(17-21)24(25,26)27/h4-11,17,22H,2-3,12-16,18H2,1H3,(H,28,31). The molecule has 10 heteroatoms. The minimum Gasteiger partial charge on any atom is -0.317 e. The smallest absolute Gasteiger partial charge is 0.317 e. The highest BCUT2D eigenvalue weighted by Crippen LogP contribution is 2.31. The molecule has 0 atom stereocenters. The summed E-state index contributed by atoms with van der Waals surface area (Å²) in [5.74, 6) is 0.109. The van der Waals surface area contributed by atoms with Crippen LogP contribution in [0, 0.1) is 0 Å². The van der Waals surface area contributed by atoms with Crippen LogP contribution in [0.5, 0.6) is 0 Å². The van der Waals surface area contributed by atoms with Crippen LogP contribution in [-0.2, 0) is 22.7 Å². The number of carbonyl (C=O) groups is 1. The number of alkyl halides is 3. The van der Waals surface area contributed by atoms with Crippen LogP contribution in [0.2, 0.25) is 0 Å². The van der Waals surface area contributed by atoms with Crippen molar-refractivity contribution < 1.29 is 26.4 Å². The van der Waals surface area contributed by atoms with Crippen molar-refractivity contribution in [2.24, 2.45) is 0 Å². The first kappa shape index (κ1) is 26.0. The molecule has 2 aromatic rings. The third-order valence-corrected chi connectivity index (χ3v) is 7.87. The Balaban J connectivity index is 1.75. The SMILES string of the molecule is CCCCS(=O)(=O)N1CCC(N(Cc2ccccc2)C(=O)Nc2cccc(C(F)(F)F)c2)CC1. The number of hydrogen-bond acceptors (Lipinski definition) is 3. The lowest BCUT2D eigenvalue weighted by Gasteiger charge is -2.38. The van der Waals surface area contributed by atoms with E-state index in [2.05, 4.69) is 5.32 Å². The summed E-state index contributed by atoms with van der Waals surface area (Å²) in [6, 6.07) is 13.0. The number of urea groups is 1. The molecule has 186 valence electrons. The zero-order valence-electron chi connectivity index (χ0n) is 19.1. The van der Waals surface area contributed by atoms with Crippen molar-refractivity contribution in [3.8, 4) is 0 Å². The molecule has 1 aliphatic heterocycles. The van der Waals surface area contributed by atoms with Crippen LogP contribution < -0.4 is 5.32 Å². The van der Waals surface area contributed by atoms with Gasteiger partial charge < -0.3 is 10.2 Å². The molecule has 2 aromatic carbocycles. The maximum Gasteiger partial charge on any atom is 0.416 e. The predicted octanol–water partition coefficient (Wildman–Crippen LogP) is 5.33. The molecule has 1 heterocycles. The van der Waals surface area contributed by atoms with Gasteiger partial charge in [0.25, 0.3) is 0 Å². The second kappa shape index (κ2) is 11.2. The number of unbranched alkanes of at least 4 members (excludes halogenated alkanes) is 1. The zero-order valence-corrected chi connectivity index (χ0v) is 19.9. The Bertz CT molecular complexity index is 1050. The number of nitrogens with one attached hydrogen (secondary N) is 1. The predicted molar refractivity (Wildman–Crippen MR) is 126 cm³/mol. The van der Waals surface area contributed by atoms with Crippen molar-refractivity contribution in [2.75, 3.05) is 24.2 Å². The first-order chi connectivity index (χ1) is 16.1. The number of benzene rings is 2. The lowest BCUT2D eigenvalue weighted by atomic mass is 10.0. The number of piperidine rings is 1. The molecule has 2 amide bonds. The highest BCUT2D eigenvalue weighted by molar-refractivity contribution is 7.89. The van der Waals surface area contributed by atoms with E-state index in [1.165, 1.54) is 16.4 Å². The molecule has 3 rings (SSSR count). The number of halogens is 3. The summed E-state index contributed by atoms with van der Waals surface area (Å²) in [5, 5.41) is 2.60. The van der Waals surface area contributed by atoms with Gasteiger partial charge in [0.05, 0.1) is 11.3 Å². The second-order valence-electron chi connectivity index (χ2n) is 8.42. The zero-order chi connectivity index (χ0) is 24.8. The highest BCUT2D eigenvalue weighted by Gasteiger charge is 2.33. The molecule has 0 saturated carbocycles. The van der Waals surface area contributed by atoms with E-state index < -0.39 is 27.8 Å². The van der Waals surface area contributed by atoms with Crippen molar-refractivity contribution in [1.82, 2.24) is 9.21 Å². The third-order valence-electron chi connectivity index (χ3n) is 5.91. The van der Waals surface area contributed by atoms with Gasteiger partial charge in [-0.15, -0.1) is 0 Å². The Labute approximate surface area is 198 Å². The highest BCUT2D eigenvalue weighted by atomic mass is 32.2. The largest absolute Gasteiger partial charge is 0.416 e. The van der Waals surface area contributed by atoms with Crippen molar-refractivity contribution in [2.45, 2.75) is 51.4 Å². The average Bonchev–Trinajstić information content (AvgIpc) is 2.81. The van der Waals surface area contributed by atoms with Crippen LogP contribution in [0.15, 0.2) is 54.6 Å². The summed E-state index contributed by atoms with van der Waals surface area (Å²) >= 11 is 0. The molecule has 1 N–H and O–H groups in total. The van der Waals surface area contributed by atoms with Crippen LogP contribution in [0.4, 0.5) is 23.7 Å². The van der Waals surface area contributed by atoms with Crippen LogP contribution in [-0.4, -0.2) is 48.5 Å². The van der Waals surface area contributed by atoms with Gasteiger partial charge in [0.2, 0.25) is 10.0 Å². The molecule has 1 saturated heterocycles. The maximum absolute atomic E-state index is 13.2. The van der Waals surface area contributed by atoms with E-state index in [9.17, 15) is 26.4 Å². The monoisotopic (exact) mass is 497 g/mol. The number of nitrogens with zero attached hydrogens (tertiary/aromatic N) is 2. The van der Waals surface area contributed by atoms with E-state index >= 15 is 0 Å². The summed E-state index contributed by atoms with van der Waals surface area (Å²) < 4.78 is 65.8. The number of amides is 2. The first-order valence-corrected chi connectivity index (χ1v) is 13.0. The van der Waals surface area contributed by atoms with E-state index in [0.717, 1.165) is 24.1 Å². The molecule has 0 unspecified atom stereocenters. The van der Waals surface area contributed by atoms with Crippen LogP contribution in [0.3, 0.4) is 0 Å². The van der Waals surface area contributed by atoms with E-state index in [0.29, 0.717) is 32.4 Å². The lowest BCUT2D eigenvalue weighted by Crippen LogP contribution is -2.50. The summed E-state index contributed by atoms with van der Waals surface area (Å²) in [6.07, 6.45) is -2.22. The number of sulfonamides is 1. The van der Waals surface area contributed by atoms with Gasteiger partial charge in [0.1, 0.15) is 0 Å². The Hall–Kier alpha value is -2.59. The maximum atomic E-state index is 13.2. The lowest BCUT2D eigenvalue weighted by molar-refractivity contribution is -0.137. The molecule has 34 heavy (non-hydrogen) atoms. The van der Waals surface area contributed by atoms with Gasteiger partial charge in [-0.3, -0.25) is 0 Å². The Kier molecular flexibility index (Phi) is 8.59. The molecule has 0 aliphatic carbocycles. The second-order valence-corrected chi connectivity index (χ2v) is 10.5. The minimum atomic E-state index is -4.51. The fourth-order valence-corrected chi connectivity index (χ4v) is 5.68. The molecule has 1 aliphatic rings. The molecule has 6 nitrogen and oxygen atoms in total. The van der Waals surface area contributed by atoms with E-state index in [-0.39, 0.29) is 24.0 Å². The van der Waals surface area contributed by atoms with Gasteiger partial charge in [-0.1, -0.05) is 49.7 Å². The Morgan fingerprint density at radius 3 is 2.38 bits per heavy atom. The molecular formula is C24H30F3N3O3S. The van der Waals surface area contributed by atoms with Crippen LogP contribution in [0.25, 0.3) is 0 Å². The number of anilines is 1. The van der Waals surface area contributed by atoms with Gasteiger partial charge in [-0.05, 0) is 43.0 Å². The third kappa shape index (κ3) is 6.96. The van der Waals surface area contributed by atoms with Crippen molar-refractivity contribution in [1.29, 1.82) is 0 Å². The van der Waals surface area contributed by atoms with Crippen LogP contribution >= 0.6 is 0 Å². The molecule has 0 spiro atoms. The van der Waals surface area contributed by atoms with Gasteiger partial charge in [0.15, 0.2) is 0 Å². The summed E-state index contributed by atoms with van der Waals surface area (Å²) in [4.78, 5) is 14.8. The van der Waals surface area contributed by atoms with Gasteiger partial charge in [-0.25, -0.2) is 17.5 Å². The number of carbonyl (C=O) groups excluding carboxylic acids is 1. The van der Waals surface area contributed by atoms with Gasteiger partial charge >= 0.3 is 12.2 Å². The first-order valence-electron chi connectivity index (χ1n) is 11.4. The summed E-state index contributed by atoms with van der Waals surface area (Å²) in [6.45, 7) is 2.81. The van der Waals surface area contributed by atoms with Crippen molar-refractivity contribution in [3.63, 3.8) is 0 Å². The number of rotatable bonds is 8. The molecule has 1 fully saturated rings. The van der Waals surface area contributed by atoms with Gasteiger partial charge in [0, 0.05) is 31.4 Å².